The molecule has 0 amide bonds. The van der Waals surface area contributed by atoms with Crippen LogP contribution in [-0.2, 0) is 14.3 Å². The lowest BCUT2D eigenvalue weighted by Crippen LogP contribution is -3.00. The van der Waals surface area contributed by atoms with Crippen molar-refractivity contribution in [3.05, 3.63) is 0 Å². The highest BCUT2D eigenvalue weighted by Gasteiger charge is 2.09. The van der Waals surface area contributed by atoms with Gasteiger partial charge in [-0.25, -0.2) is 0 Å². The number of hydrogen-bond acceptors (Lipinski definition) is 3. The van der Waals surface area contributed by atoms with Gasteiger partial charge in [0.25, 0.3) is 0 Å². The lowest BCUT2D eigenvalue weighted by molar-refractivity contribution is -0.870. The van der Waals surface area contributed by atoms with Gasteiger partial charge in [0.15, 0.2) is 0 Å². The molecule has 0 heterocycles. The Bertz CT molecular complexity index is 211. The molecule has 0 aromatic carbocycles. The van der Waals surface area contributed by atoms with Crippen LogP contribution in [0.3, 0.4) is 0 Å². The highest BCUT2D eigenvalue weighted by atomic mass is 35.5. The minimum Gasteiger partial charge on any atom is -1.00 e. The molecule has 0 aromatic rings. The quantitative estimate of drug-likeness (QED) is 0.383. The van der Waals surface area contributed by atoms with Crippen molar-refractivity contribution in [2.45, 2.75) is 19.8 Å². The lowest BCUT2D eigenvalue weighted by Gasteiger charge is -2.23. The summed E-state index contributed by atoms with van der Waals surface area (Å²) in [5.74, 6) is -0.262. The Kier molecular flexibility index (Phi) is 8.57. The first kappa shape index (κ1) is 16.8. The summed E-state index contributed by atoms with van der Waals surface area (Å²) in [7, 11) is 6.09. The van der Waals surface area contributed by atoms with Gasteiger partial charge in [0, 0.05) is 6.42 Å². The molecule has 0 saturated carbocycles. The Morgan fingerprint density at radius 3 is 2.07 bits per heavy atom. The molecule has 0 bridgehead atoms. The summed E-state index contributed by atoms with van der Waals surface area (Å²) < 4.78 is 5.73. The van der Waals surface area contributed by atoms with Crippen LogP contribution < -0.4 is 12.4 Å². The van der Waals surface area contributed by atoms with Crippen LogP contribution in [0.5, 0.6) is 0 Å². The van der Waals surface area contributed by atoms with Gasteiger partial charge in [-0.05, 0) is 6.92 Å². The molecular formula is C10H20ClNO3. The van der Waals surface area contributed by atoms with Crippen LogP contribution in [-0.4, -0.2) is 50.5 Å². The van der Waals surface area contributed by atoms with Gasteiger partial charge in [0.2, 0.25) is 0 Å². The molecule has 0 N–H and O–H groups in total. The number of nitrogens with zero attached hydrogens (tertiary/aromatic N) is 1. The number of halogens is 1. The van der Waals surface area contributed by atoms with Crippen molar-refractivity contribution in [3.63, 3.8) is 0 Å². The number of ether oxygens (including phenoxy) is 1. The number of esters is 1. The van der Waals surface area contributed by atoms with E-state index in [0.29, 0.717) is 6.61 Å². The molecule has 0 saturated heterocycles. The van der Waals surface area contributed by atoms with Crippen molar-refractivity contribution in [1.29, 1.82) is 0 Å². The van der Waals surface area contributed by atoms with Gasteiger partial charge in [0.05, 0.1) is 27.6 Å². The normalized spacial score (nSPS) is 10.4. The number of carbonyl (C=O) groups is 2. The molecule has 0 unspecified atom stereocenters. The van der Waals surface area contributed by atoms with Crippen molar-refractivity contribution in [2.24, 2.45) is 0 Å². The summed E-state index contributed by atoms with van der Waals surface area (Å²) >= 11 is 0. The van der Waals surface area contributed by atoms with Gasteiger partial charge in [-0.15, -0.1) is 0 Å². The first-order valence-electron chi connectivity index (χ1n) is 4.77. The molecule has 15 heavy (non-hydrogen) atoms. The summed E-state index contributed by atoms with van der Waals surface area (Å²) in [6.45, 7) is 2.67. The smallest absolute Gasteiger partial charge is 0.306 e. The minimum atomic E-state index is -0.284. The van der Waals surface area contributed by atoms with Crippen LogP contribution in [0.15, 0.2) is 0 Å². The zero-order chi connectivity index (χ0) is 11.2. The zero-order valence-corrected chi connectivity index (χ0v) is 10.6. The van der Waals surface area contributed by atoms with Crippen LogP contribution in [0, 0.1) is 0 Å². The second-order valence-corrected chi connectivity index (χ2v) is 4.44. The van der Waals surface area contributed by atoms with E-state index in [9.17, 15) is 9.59 Å². The fourth-order valence-corrected chi connectivity index (χ4v) is 0.784. The van der Waals surface area contributed by atoms with Crippen LogP contribution >= 0.6 is 0 Å². The fraction of sp³-hybridized carbons (Fsp3) is 0.800. The number of Topliss-reactive ketones (excluding diaryl/α,β-unsaturated/α-hetero) is 1. The summed E-state index contributed by atoms with van der Waals surface area (Å²) in [5, 5.41) is 0. The maximum absolute atomic E-state index is 11.1. The molecule has 0 aromatic heterocycles. The number of likely N-dealkylation sites (N-methyl/N-ethyl adjacent to an activating group) is 1. The van der Waals surface area contributed by atoms with Gasteiger partial charge >= 0.3 is 5.97 Å². The highest BCUT2D eigenvalue weighted by molar-refractivity contribution is 5.80. The van der Waals surface area contributed by atoms with E-state index in [4.69, 9.17) is 4.74 Å². The Morgan fingerprint density at radius 2 is 1.67 bits per heavy atom. The SMILES string of the molecule is CC(=O)CCC(=O)OCC[N+](C)(C)C.[Cl-]. The largest absolute Gasteiger partial charge is 1.00 e. The van der Waals surface area contributed by atoms with E-state index < -0.39 is 0 Å². The van der Waals surface area contributed by atoms with E-state index in [-0.39, 0.29) is 37.0 Å². The average Bonchev–Trinajstić information content (AvgIpc) is 1.98. The van der Waals surface area contributed by atoms with Crippen LogP contribution in [0.4, 0.5) is 0 Å². The van der Waals surface area contributed by atoms with E-state index in [0.717, 1.165) is 11.0 Å². The Labute approximate surface area is 97.6 Å². The van der Waals surface area contributed by atoms with Gasteiger partial charge in [-0.3, -0.25) is 4.79 Å². The first-order valence-corrected chi connectivity index (χ1v) is 4.77. The Balaban J connectivity index is 0. The van der Waals surface area contributed by atoms with Crippen LogP contribution in [0.25, 0.3) is 0 Å². The van der Waals surface area contributed by atoms with Crippen LogP contribution in [0.1, 0.15) is 19.8 Å². The topological polar surface area (TPSA) is 43.4 Å². The Morgan fingerprint density at radius 1 is 1.13 bits per heavy atom. The number of ketones is 1. The van der Waals surface area contributed by atoms with Gasteiger partial charge in [-0.2, -0.15) is 0 Å². The first-order chi connectivity index (χ1) is 6.31. The molecule has 0 fully saturated rings. The van der Waals surface area contributed by atoms with Gasteiger partial charge < -0.3 is 26.4 Å². The van der Waals surface area contributed by atoms with Crippen molar-refractivity contribution in [1.82, 2.24) is 0 Å². The predicted octanol–water partition coefficient (Wildman–Crippen LogP) is -2.39. The van der Waals surface area contributed by atoms with E-state index in [1.165, 1.54) is 6.92 Å². The number of rotatable bonds is 6. The number of hydrogen-bond donors (Lipinski definition) is 0. The van der Waals surface area contributed by atoms with Gasteiger partial charge in [0.1, 0.15) is 18.9 Å². The number of quaternary nitrogens is 1. The molecule has 5 heteroatoms. The highest BCUT2D eigenvalue weighted by Crippen LogP contribution is 1.95. The third-order valence-corrected chi connectivity index (χ3v) is 1.71. The van der Waals surface area contributed by atoms with Crippen molar-refractivity contribution in [2.75, 3.05) is 34.3 Å². The third-order valence-electron chi connectivity index (χ3n) is 1.71. The molecule has 0 spiro atoms. The molecular weight excluding hydrogens is 218 g/mol. The van der Waals surface area contributed by atoms with E-state index in [2.05, 4.69) is 0 Å². The second-order valence-electron chi connectivity index (χ2n) is 4.44. The molecule has 0 rings (SSSR count). The summed E-state index contributed by atoms with van der Waals surface area (Å²) in [4.78, 5) is 21.6. The molecule has 4 nitrogen and oxygen atoms in total. The third kappa shape index (κ3) is 13.4. The van der Waals surface area contributed by atoms with Crippen molar-refractivity contribution >= 4 is 11.8 Å². The summed E-state index contributed by atoms with van der Waals surface area (Å²) in [6.07, 6.45) is 0.482. The standard InChI is InChI=1S/C10H20NO3.ClH/c1-9(12)5-6-10(13)14-8-7-11(2,3)4;/h5-8H2,1-4H3;1H/q+1;/p-1. The molecule has 90 valence electrons. The summed E-state index contributed by atoms with van der Waals surface area (Å²) in [6, 6.07) is 0. The molecule has 0 atom stereocenters. The summed E-state index contributed by atoms with van der Waals surface area (Å²) in [5.41, 5.74) is 0. The molecule has 0 aliphatic heterocycles. The second kappa shape index (κ2) is 7.65. The van der Waals surface area contributed by atoms with Gasteiger partial charge in [-0.1, -0.05) is 0 Å². The molecule has 0 radical (unpaired) electrons. The number of carbonyl (C=O) groups excluding carboxylic acids is 2. The zero-order valence-electron chi connectivity index (χ0n) is 9.88. The molecule has 0 aliphatic carbocycles. The maximum atomic E-state index is 11.1. The maximum Gasteiger partial charge on any atom is 0.306 e. The van der Waals surface area contributed by atoms with Crippen LogP contribution in [0.2, 0.25) is 0 Å². The van der Waals surface area contributed by atoms with E-state index >= 15 is 0 Å². The van der Waals surface area contributed by atoms with Crippen molar-refractivity contribution in [3.8, 4) is 0 Å². The van der Waals surface area contributed by atoms with E-state index in [1.54, 1.807) is 0 Å². The molecule has 0 aliphatic rings. The predicted molar refractivity (Wildman–Crippen MR) is 53.8 cm³/mol. The Hall–Kier alpha value is -0.610. The monoisotopic (exact) mass is 237 g/mol. The minimum absolute atomic E-state index is 0. The fourth-order valence-electron chi connectivity index (χ4n) is 0.784. The lowest BCUT2D eigenvalue weighted by atomic mass is 10.2. The average molecular weight is 238 g/mol. The van der Waals surface area contributed by atoms with Crippen molar-refractivity contribution < 1.29 is 31.2 Å². The van der Waals surface area contributed by atoms with E-state index in [1.807, 2.05) is 21.1 Å².